The van der Waals surface area contributed by atoms with Crippen molar-refractivity contribution in [2.75, 3.05) is 0 Å². The number of rotatable bonds is 1. The minimum atomic E-state index is -0.172. The maximum atomic E-state index is 12.2. The highest BCUT2D eigenvalue weighted by Gasteiger charge is 2.20. The van der Waals surface area contributed by atoms with Gasteiger partial charge in [0.2, 0.25) is 0 Å². The summed E-state index contributed by atoms with van der Waals surface area (Å²) in [7, 11) is 0. The molecule has 0 atom stereocenters. The fourth-order valence-corrected chi connectivity index (χ4v) is 3.14. The highest BCUT2D eigenvalue weighted by atomic mass is 35.5. The predicted octanol–water partition coefficient (Wildman–Crippen LogP) is 3.99. The SMILES string of the molecule is O=c1nc2n(c3ccccc13)CC/C2=C\c1ccccc1Cl. The molecule has 3 nitrogen and oxygen atoms in total. The van der Waals surface area contributed by atoms with Crippen molar-refractivity contribution in [2.45, 2.75) is 13.0 Å². The lowest BCUT2D eigenvalue weighted by Gasteiger charge is -2.07. The van der Waals surface area contributed by atoms with Gasteiger partial charge in [-0.3, -0.25) is 4.79 Å². The third kappa shape index (κ3) is 2.06. The van der Waals surface area contributed by atoms with Crippen molar-refractivity contribution in [3.8, 4) is 0 Å². The number of fused-ring (bicyclic) bond motifs is 3. The van der Waals surface area contributed by atoms with Crippen molar-refractivity contribution in [1.82, 2.24) is 9.55 Å². The van der Waals surface area contributed by atoms with E-state index >= 15 is 0 Å². The van der Waals surface area contributed by atoms with Gasteiger partial charge in [-0.25, -0.2) is 0 Å². The zero-order chi connectivity index (χ0) is 15.1. The number of benzene rings is 2. The summed E-state index contributed by atoms with van der Waals surface area (Å²) in [6, 6.07) is 15.3. The van der Waals surface area contributed by atoms with E-state index < -0.39 is 0 Å². The Morgan fingerprint density at radius 1 is 1.09 bits per heavy atom. The average Bonchev–Trinajstić information content (AvgIpc) is 2.93. The van der Waals surface area contributed by atoms with Crippen LogP contribution >= 0.6 is 11.6 Å². The Kier molecular flexibility index (Phi) is 3.09. The Morgan fingerprint density at radius 2 is 1.86 bits per heavy atom. The summed E-state index contributed by atoms with van der Waals surface area (Å²) in [4.78, 5) is 16.5. The van der Waals surface area contributed by atoms with Crippen molar-refractivity contribution in [1.29, 1.82) is 0 Å². The van der Waals surface area contributed by atoms with Crippen molar-refractivity contribution >= 4 is 34.2 Å². The van der Waals surface area contributed by atoms with Crippen LogP contribution in [0, 0.1) is 0 Å². The largest absolute Gasteiger partial charge is 0.325 e. The van der Waals surface area contributed by atoms with Gasteiger partial charge in [0.1, 0.15) is 5.82 Å². The monoisotopic (exact) mass is 308 g/mol. The fourth-order valence-electron chi connectivity index (χ4n) is 2.95. The van der Waals surface area contributed by atoms with Gasteiger partial charge < -0.3 is 4.57 Å². The topological polar surface area (TPSA) is 34.9 Å². The molecule has 0 saturated carbocycles. The summed E-state index contributed by atoms with van der Waals surface area (Å²) in [6.07, 6.45) is 2.88. The minimum Gasteiger partial charge on any atom is -0.325 e. The molecule has 1 aliphatic heterocycles. The van der Waals surface area contributed by atoms with Gasteiger partial charge in [0.15, 0.2) is 0 Å². The first-order valence-corrected chi connectivity index (χ1v) is 7.57. The first-order valence-electron chi connectivity index (χ1n) is 7.19. The molecule has 0 radical (unpaired) electrons. The lowest BCUT2D eigenvalue weighted by molar-refractivity contribution is 0.772. The van der Waals surface area contributed by atoms with Crippen LogP contribution in [-0.4, -0.2) is 9.55 Å². The Labute approximate surface area is 132 Å². The van der Waals surface area contributed by atoms with Gasteiger partial charge in [-0.2, -0.15) is 4.98 Å². The minimum absolute atomic E-state index is 0.172. The van der Waals surface area contributed by atoms with Crippen LogP contribution in [0.4, 0.5) is 0 Å². The van der Waals surface area contributed by atoms with E-state index in [1.54, 1.807) is 0 Å². The second-order valence-electron chi connectivity index (χ2n) is 5.35. The molecule has 2 aromatic carbocycles. The number of hydrogen-bond donors (Lipinski definition) is 0. The highest BCUT2D eigenvalue weighted by molar-refractivity contribution is 6.32. The number of allylic oxidation sites excluding steroid dienone is 1. The summed E-state index contributed by atoms with van der Waals surface area (Å²) < 4.78 is 2.11. The van der Waals surface area contributed by atoms with Crippen LogP contribution in [0.25, 0.3) is 22.6 Å². The van der Waals surface area contributed by atoms with Crippen molar-refractivity contribution in [3.05, 3.63) is 75.3 Å². The molecule has 0 N–H and O–H groups in total. The van der Waals surface area contributed by atoms with Gasteiger partial charge in [0.25, 0.3) is 5.56 Å². The molecule has 1 aromatic heterocycles. The average molecular weight is 309 g/mol. The molecule has 4 heteroatoms. The Bertz CT molecular complexity index is 972. The van der Waals surface area contributed by atoms with Crippen LogP contribution in [0.1, 0.15) is 17.8 Å². The molecule has 4 rings (SSSR count). The Balaban J connectivity index is 1.94. The van der Waals surface area contributed by atoms with E-state index in [0.717, 1.165) is 35.4 Å². The summed E-state index contributed by atoms with van der Waals surface area (Å²) in [5.41, 5.74) is 2.78. The van der Waals surface area contributed by atoms with E-state index in [9.17, 15) is 4.79 Å². The molecule has 108 valence electrons. The van der Waals surface area contributed by atoms with Crippen LogP contribution in [0.15, 0.2) is 53.3 Å². The molecule has 0 spiro atoms. The normalized spacial score (nSPS) is 15.4. The van der Waals surface area contributed by atoms with E-state index in [4.69, 9.17) is 11.6 Å². The summed E-state index contributed by atoms with van der Waals surface area (Å²) in [5.74, 6) is 0.753. The molecule has 0 unspecified atom stereocenters. The summed E-state index contributed by atoms with van der Waals surface area (Å²) in [6.45, 7) is 0.833. The van der Waals surface area contributed by atoms with E-state index in [0.29, 0.717) is 10.4 Å². The zero-order valence-corrected chi connectivity index (χ0v) is 12.5. The summed E-state index contributed by atoms with van der Waals surface area (Å²) in [5, 5.41) is 1.38. The molecular weight excluding hydrogens is 296 g/mol. The second kappa shape index (κ2) is 5.11. The fraction of sp³-hybridized carbons (Fsp3) is 0.111. The summed E-state index contributed by atoms with van der Waals surface area (Å²) >= 11 is 6.22. The molecule has 0 aliphatic carbocycles. The molecule has 2 heterocycles. The van der Waals surface area contributed by atoms with Crippen LogP contribution in [0.5, 0.6) is 0 Å². The van der Waals surface area contributed by atoms with Gasteiger partial charge in [-0.1, -0.05) is 41.9 Å². The third-order valence-corrected chi connectivity index (χ3v) is 4.36. The molecule has 0 bridgehead atoms. The highest BCUT2D eigenvalue weighted by Crippen LogP contribution is 2.30. The number of aryl methyl sites for hydroxylation is 1. The van der Waals surface area contributed by atoms with E-state index in [1.807, 2.05) is 54.6 Å². The smallest absolute Gasteiger partial charge is 0.281 e. The zero-order valence-electron chi connectivity index (χ0n) is 11.8. The number of para-hydroxylation sites is 1. The molecule has 3 aromatic rings. The van der Waals surface area contributed by atoms with E-state index in [-0.39, 0.29) is 5.56 Å². The molecule has 1 aliphatic rings. The molecule has 0 saturated heterocycles. The van der Waals surface area contributed by atoms with Crippen LogP contribution < -0.4 is 5.56 Å². The van der Waals surface area contributed by atoms with Crippen molar-refractivity contribution in [2.24, 2.45) is 0 Å². The Morgan fingerprint density at radius 3 is 2.73 bits per heavy atom. The van der Waals surface area contributed by atoms with Gasteiger partial charge in [0.05, 0.1) is 10.9 Å². The molecular formula is C18H13ClN2O. The quantitative estimate of drug-likeness (QED) is 0.681. The van der Waals surface area contributed by atoms with E-state index in [1.165, 1.54) is 0 Å². The maximum Gasteiger partial charge on any atom is 0.281 e. The lowest BCUT2D eigenvalue weighted by Crippen LogP contribution is -2.14. The maximum absolute atomic E-state index is 12.2. The van der Waals surface area contributed by atoms with Gasteiger partial charge >= 0.3 is 0 Å². The van der Waals surface area contributed by atoms with Gasteiger partial charge in [0, 0.05) is 11.6 Å². The molecule has 0 amide bonds. The second-order valence-corrected chi connectivity index (χ2v) is 5.76. The predicted molar refractivity (Wildman–Crippen MR) is 89.9 cm³/mol. The number of halogens is 1. The number of hydrogen-bond acceptors (Lipinski definition) is 2. The number of nitrogens with zero attached hydrogens (tertiary/aromatic N) is 2. The van der Waals surface area contributed by atoms with Crippen molar-refractivity contribution in [3.63, 3.8) is 0 Å². The van der Waals surface area contributed by atoms with Gasteiger partial charge in [-0.15, -0.1) is 0 Å². The van der Waals surface area contributed by atoms with Crippen LogP contribution in [-0.2, 0) is 6.54 Å². The van der Waals surface area contributed by atoms with E-state index in [2.05, 4.69) is 9.55 Å². The first-order chi connectivity index (χ1) is 10.7. The first kappa shape index (κ1) is 13.3. The van der Waals surface area contributed by atoms with Crippen LogP contribution in [0.3, 0.4) is 0 Å². The standard InChI is InChI=1S/C18H13ClN2O/c19-15-7-3-1-5-12(15)11-13-9-10-21-16-8-4-2-6-14(16)18(22)20-17(13)21/h1-8,11H,9-10H2/b13-11+. The van der Waals surface area contributed by atoms with Crippen LogP contribution in [0.2, 0.25) is 5.02 Å². The third-order valence-electron chi connectivity index (χ3n) is 4.02. The van der Waals surface area contributed by atoms with Crippen molar-refractivity contribution < 1.29 is 0 Å². The Hall–Kier alpha value is -2.39. The lowest BCUT2D eigenvalue weighted by atomic mass is 10.1. The molecule has 0 fully saturated rings. The molecule has 22 heavy (non-hydrogen) atoms. The number of aromatic nitrogens is 2. The van der Waals surface area contributed by atoms with Gasteiger partial charge in [-0.05, 0) is 41.8 Å².